The second kappa shape index (κ2) is 7.03. The minimum atomic E-state index is -0.620. The van der Waals surface area contributed by atoms with Crippen LogP contribution in [0.25, 0.3) is 5.65 Å². The molecule has 2 fully saturated rings. The van der Waals surface area contributed by atoms with Gasteiger partial charge < -0.3 is 15.0 Å². The summed E-state index contributed by atoms with van der Waals surface area (Å²) < 4.78 is 7.21. The van der Waals surface area contributed by atoms with E-state index in [1.807, 2.05) is 13.1 Å². The van der Waals surface area contributed by atoms with Crippen LogP contribution in [0.1, 0.15) is 41.6 Å². The monoisotopic (exact) mass is 357 g/mol. The molecule has 8 heteroatoms. The SMILES string of the molecule is Cc1cnc2c(C(=O)N3CCOC(C(=O)NC4CCCC4)C3)cnn2c1. The second-order valence-corrected chi connectivity index (χ2v) is 7.06. The Hall–Kier alpha value is -2.48. The van der Waals surface area contributed by atoms with Crippen molar-refractivity contribution in [1.29, 1.82) is 0 Å². The molecule has 2 aromatic rings. The summed E-state index contributed by atoms with van der Waals surface area (Å²) in [6.45, 7) is 2.97. The van der Waals surface area contributed by atoms with Crippen molar-refractivity contribution < 1.29 is 14.3 Å². The number of hydrogen-bond donors (Lipinski definition) is 1. The highest BCUT2D eigenvalue weighted by molar-refractivity contribution is 6.00. The zero-order valence-corrected chi connectivity index (χ0v) is 14.9. The Bertz CT molecular complexity index is 827. The van der Waals surface area contributed by atoms with Crippen molar-refractivity contribution >= 4 is 17.5 Å². The van der Waals surface area contributed by atoms with E-state index in [0.29, 0.717) is 24.4 Å². The minimum absolute atomic E-state index is 0.122. The lowest BCUT2D eigenvalue weighted by Gasteiger charge is -2.32. The summed E-state index contributed by atoms with van der Waals surface area (Å²) in [6.07, 6.45) is 8.81. The van der Waals surface area contributed by atoms with Crippen LogP contribution in [0.3, 0.4) is 0 Å². The van der Waals surface area contributed by atoms with E-state index in [1.54, 1.807) is 15.6 Å². The molecule has 1 atom stereocenters. The minimum Gasteiger partial charge on any atom is -0.365 e. The number of ether oxygens (including phenoxy) is 1. The van der Waals surface area contributed by atoms with Crippen molar-refractivity contribution in [2.45, 2.75) is 44.8 Å². The molecular weight excluding hydrogens is 334 g/mol. The van der Waals surface area contributed by atoms with E-state index in [9.17, 15) is 9.59 Å². The van der Waals surface area contributed by atoms with E-state index in [0.717, 1.165) is 31.2 Å². The van der Waals surface area contributed by atoms with E-state index in [4.69, 9.17) is 4.74 Å². The molecule has 0 bridgehead atoms. The Morgan fingerprint density at radius 2 is 2.08 bits per heavy atom. The maximum absolute atomic E-state index is 12.9. The topological polar surface area (TPSA) is 88.8 Å². The van der Waals surface area contributed by atoms with Gasteiger partial charge in [0.05, 0.1) is 19.3 Å². The highest BCUT2D eigenvalue weighted by Crippen LogP contribution is 2.19. The average Bonchev–Trinajstić information content (AvgIpc) is 3.30. The Balaban J connectivity index is 1.46. The van der Waals surface area contributed by atoms with Gasteiger partial charge in [0.1, 0.15) is 5.56 Å². The molecule has 0 aromatic carbocycles. The van der Waals surface area contributed by atoms with Crippen LogP contribution in [0.5, 0.6) is 0 Å². The third kappa shape index (κ3) is 3.29. The summed E-state index contributed by atoms with van der Waals surface area (Å²) in [5.74, 6) is -0.290. The van der Waals surface area contributed by atoms with E-state index >= 15 is 0 Å². The molecule has 2 aliphatic rings. The lowest BCUT2D eigenvalue weighted by molar-refractivity contribution is -0.137. The Kier molecular flexibility index (Phi) is 4.58. The molecule has 0 spiro atoms. The number of nitrogens with zero attached hydrogens (tertiary/aromatic N) is 4. The lowest BCUT2D eigenvalue weighted by Crippen LogP contribution is -2.52. The first-order valence-corrected chi connectivity index (χ1v) is 9.13. The van der Waals surface area contributed by atoms with E-state index in [1.165, 1.54) is 6.20 Å². The molecule has 26 heavy (non-hydrogen) atoms. The number of nitrogens with one attached hydrogen (secondary N) is 1. The standard InChI is InChI=1S/C18H23N5O3/c1-12-8-19-16-14(9-20-23(16)10-12)18(25)22-6-7-26-15(11-22)17(24)21-13-4-2-3-5-13/h8-10,13,15H,2-7,11H2,1H3,(H,21,24). The molecule has 1 saturated heterocycles. The zero-order valence-electron chi connectivity index (χ0n) is 14.9. The van der Waals surface area contributed by atoms with Gasteiger partial charge in [-0.15, -0.1) is 0 Å². The number of fused-ring (bicyclic) bond motifs is 1. The number of morpholine rings is 1. The van der Waals surface area contributed by atoms with Crippen LogP contribution < -0.4 is 5.32 Å². The number of rotatable bonds is 3. The van der Waals surface area contributed by atoms with Crippen molar-refractivity contribution in [3.63, 3.8) is 0 Å². The largest absolute Gasteiger partial charge is 0.365 e. The molecular formula is C18H23N5O3. The number of carbonyl (C=O) groups excluding carboxylic acids is 2. The second-order valence-electron chi connectivity index (χ2n) is 7.06. The predicted octanol–water partition coefficient (Wildman–Crippen LogP) is 0.938. The molecule has 138 valence electrons. The highest BCUT2D eigenvalue weighted by atomic mass is 16.5. The first kappa shape index (κ1) is 17.0. The molecule has 0 radical (unpaired) electrons. The summed E-state index contributed by atoms with van der Waals surface area (Å²) in [6, 6.07) is 0.240. The molecule has 1 aliphatic heterocycles. The van der Waals surface area contributed by atoms with Crippen LogP contribution in [0.4, 0.5) is 0 Å². The number of aromatic nitrogens is 3. The summed E-state index contributed by atoms with van der Waals surface area (Å²) in [5.41, 5.74) is 1.94. The van der Waals surface area contributed by atoms with Gasteiger partial charge in [-0.05, 0) is 25.3 Å². The van der Waals surface area contributed by atoms with Crippen molar-refractivity contribution in [2.75, 3.05) is 19.7 Å². The van der Waals surface area contributed by atoms with Gasteiger partial charge >= 0.3 is 0 Å². The molecule has 4 rings (SSSR count). The average molecular weight is 357 g/mol. The molecule has 1 unspecified atom stereocenters. The van der Waals surface area contributed by atoms with Gasteiger partial charge in [-0.3, -0.25) is 9.59 Å². The molecule has 1 N–H and O–H groups in total. The van der Waals surface area contributed by atoms with E-state index < -0.39 is 6.10 Å². The van der Waals surface area contributed by atoms with Gasteiger partial charge in [0.15, 0.2) is 11.8 Å². The van der Waals surface area contributed by atoms with Gasteiger partial charge in [0.25, 0.3) is 11.8 Å². The zero-order chi connectivity index (χ0) is 18.1. The van der Waals surface area contributed by atoms with Crippen LogP contribution in [-0.2, 0) is 9.53 Å². The summed E-state index contributed by atoms with van der Waals surface area (Å²) in [5, 5.41) is 7.26. The van der Waals surface area contributed by atoms with Gasteiger partial charge in [-0.25, -0.2) is 9.50 Å². The van der Waals surface area contributed by atoms with Crippen LogP contribution in [0.15, 0.2) is 18.6 Å². The van der Waals surface area contributed by atoms with Crippen molar-refractivity contribution in [1.82, 2.24) is 24.8 Å². The fourth-order valence-corrected chi connectivity index (χ4v) is 3.65. The number of carbonyl (C=O) groups is 2. The van der Waals surface area contributed by atoms with Gasteiger partial charge in [-0.2, -0.15) is 5.10 Å². The number of aryl methyl sites for hydroxylation is 1. The van der Waals surface area contributed by atoms with Gasteiger partial charge in [0, 0.05) is 25.0 Å². The molecule has 2 aromatic heterocycles. The Labute approximate surface area is 151 Å². The normalized spacial score (nSPS) is 21.3. The lowest BCUT2D eigenvalue weighted by atomic mass is 10.2. The number of amides is 2. The summed E-state index contributed by atoms with van der Waals surface area (Å²) in [7, 11) is 0. The summed E-state index contributed by atoms with van der Waals surface area (Å²) in [4.78, 5) is 31.3. The molecule has 2 amide bonds. The molecule has 1 aliphatic carbocycles. The van der Waals surface area contributed by atoms with Crippen LogP contribution in [-0.4, -0.2) is 63.2 Å². The summed E-state index contributed by atoms with van der Waals surface area (Å²) >= 11 is 0. The molecule has 1 saturated carbocycles. The maximum atomic E-state index is 12.9. The Morgan fingerprint density at radius 1 is 1.27 bits per heavy atom. The fourth-order valence-electron chi connectivity index (χ4n) is 3.65. The quantitative estimate of drug-likeness (QED) is 0.883. The van der Waals surface area contributed by atoms with E-state index in [2.05, 4.69) is 15.4 Å². The third-order valence-electron chi connectivity index (χ3n) is 5.06. The van der Waals surface area contributed by atoms with Gasteiger partial charge in [0.2, 0.25) is 0 Å². The Morgan fingerprint density at radius 3 is 2.88 bits per heavy atom. The van der Waals surface area contributed by atoms with Crippen molar-refractivity contribution in [2.24, 2.45) is 0 Å². The van der Waals surface area contributed by atoms with Crippen LogP contribution in [0.2, 0.25) is 0 Å². The maximum Gasteiger partial charge on any atom is 0.259 e. The third-order valence-corrected chi connectivity index (χ3v) is 5.06. The van der Waals surface area contributed by atoms with E-state index in [-0.39, 0.29) is 24.4 Å². The first-order valence-electron chi connectivity index (χ1n) is 9.13. The van der Waals surface area contributed by atoms with Crippen molar-refractivity contribution in [3.8, 4) is 0 Å². The predicted molar refractivity (Wildman–Crippen MR) is 93.8 cm³/mol. The fraction of sp³-hybridized carbons (Fsp3) is 0.556. The first-order chi connectivity index (χ1) is 12.6. The molecule has 3 heterocycles. The van der Waals surface area contributed by atoms with Crippen LogP contribution >= 0.6 is 0 Å². The van der Waals surface area contributed by atoms with Gasteiger partial charge in [-0.1, -0.05) is 12.8 Å². The van der Waals surface area contributed by atoms with Crippen LogP contribution in [0, 0.1) is 6.92 Å². The van der Waals surface area contributed by atoms with Crippen molar-refractivity contribution in [3.05, 3.63) is 29.7 Å². The smallest absolute Gasteiger partial charge is 0.259 e. The number of hydrogen-bond acceptors (Lipinski definition) is 5. The molecule has 8 nitrogen and oxygen atoms in total. The highest BCUT2D eigenvalue weighted by Gasteiger charge is 2.32.